The number of morpholine rings is 1. The van der Waals surface area contributed by atoms with Crippen molar-refractivity contribution in [3.05, 3.63) is 0 Å². The van der Waals surface area contributed by atoms with Crippen LogP contribution in [0.2, 0.25) is 0 Å². The number of amides is 1. The fraction of sp³-hybridized carbons (Fsp3) is 0.846. The summed E-state index contributed by atoms with van der Waals surface area (Å²) < 4.78 is 30.6. The SMILES string of the molecule is CC(C)C(C(=O)N1CCOC(C(=O)O)C1)N1CCCS1(=O)=O. The van der Waals surface area contributed by atoms with E-state index in [0.717, 1.165) is 0 Å². The number of carboxylic acid groups (broad SMARTS) is 1. The molecule has 0 aliphatic carbocycles. The summed E-state index contributed by atoms with van der Waals surface area (Å²) in [5.41, 5.74) is 0. The predicted octanol–water partition coefficient (Wildman–Crippen LogP) is -0.641. The van der Waals surface area contributed by atoms with E-state index in [1.54, 1.807) is 13.8 Å². The molecule has 1 amide bonds. The van der Waals surface area contributed by atoms with E-state index in [9.17, 15) is 18.0 Å². The van der Waals surface area contributed by atoms with Crippen molar-refractivity contribution in [3.63, 3.8) is 0 Å². The summed E-state index contributed by atoms with van der Waals surface area (Å²) in [5.74, 6) is -1.58. The number of hydrogen-bond donors (Lipinski definition) is 1. The highest BCUT2D eigenvalue weighted by molar-refractivity contribution is 7.89. The van der Waals surface area contributed by atoms with Crippen LogP contribution in [0.1, 0.15) is 20.3 Å². The molecule has 2 atom stereocenters. The Bertz CT molecular complexity index is 547. The molecule has 2 heterocycles. The van der Waals surface area contributed by atoms with E-state index in [4.69, 9.17) is 9.84 Å². The van der Waals surface area contributed by atoms with Crippen LogP contribution in [0.4, 0.5) is 0 Å². The molecule has 2 aliphatic rings. The molecule has 2 unspecified atom stereocenters. The van der Waals surface area contributed by atoms with Crippen molar-refractivity contribution < 1.29 is 27.9 Å². The van der Waals surface area contributed by atoms with Gasteiger partial charge in [0.25, 0.3) is 0 Å². The fourth-order valence-electron chi connectivity index (χ4n) is 2.90. The summed E-state index contributed by atoms with van der Waals surface area (Å²) in [7, 11) is -3.41. The Kier molecular flexibility index (Phi) is 5.08. The average molecular weight is 334 g/mol. The van der Waals surface area contributed by atoms with Gasteiger partial charge >= 0.3 is 5.97 Å². The number of hydrogen-bond acceptors (Lipinski definition) is 5. The van der Waals surface area contributed by atoms with Crippen LogP contribution in [0.25, 0.3) is 0 Å². The number of nitrogens with zero attached hydrogens (tertiary/aromatic N) is 2. The Morgan fingerprint density at radius 3 is 2.45 bits per heavy atom. The van der Waals surface area contributed by atoms with Gasteiger partial charge < -0.3 is 14.7 Å². The van der Waals surface area contributed by atoms with Crippen molar-refractivity contribution in [3.8, 4) is 0 Å². The molecule has 0 radical (unpaired) electrons. The quantitative estimate of drug-likeness (QED) is 0.733. The molecule has 22 heavy (non-hydrogen) atoms. The van der Waals surface area contributed by atoms with Crippen LogP contribution in [-0.2, 0) is 24.3 Å². The van der Waals surface area contributed by atoms with Gasteiger partial charge in [-0.15, -0.1) is 0 Å². The number of carboxylic acids is 1. The van der Waals surface area contributed by atoms with Crippen LogP contribution in [0.15, 0.2) is 0 Å². The van der Waals surface area contributed by atoms with E-state index in [1.807, 2.05) is 0 Å². The molecule has 9 heteroatoms. The summed E-state index contributed by atoms with van der Waals surface area (Å²) in [5, 5.41) is 9.01. The second-order valence-corrected chi connectivity index (χ2v) is 7.99. The van der Waals surface area contributed by atoms with E-state index >= 15 is 0 Å². The number of rotatable bonds is 4. The Hall–Kier alpha value is -1.19. The Morgan fingerprint density at radius 1 is 1.27 bits per heavy atom. The maximum Gasteiger partial charge on any atom is 0.334 e. The Labute approximate surface area is 130 Å². The van der Waals surface area contributed by atoms with Gasteiger partial charge in [-0.25, -0.2) is 13.2 Å². The molecule has 2 aliphatic heterocycles. The van der Waals surface area contributed by atoms with E-state index in [-0.39, 0.29) is 37.3 Å². The molecule has 2 rings (SSSR count). The number of sulfonamides is 1. The molecule has 1 N–H and O–H groups in total. The second kappa shape index (κ2) is 6.51. The standard InChI is InChI=1S/C13H22N2O6S/c1-9(2)11(15-4-3-7-22(15,19)20)12(16)14-5-6-21-10(8-14)13(17)18/h9-11H,3-8H2,1-2H3,(H,17,18). The molecule has 0 aromatic rings. The first-order valence-corrected chi connectivity index (χ1v) is 8.97. The number of carbonyl (C=O) groups excluding carboxylic acids is 1. The first-order chi connectivity index (χ1) is 10.2. The van der Waals surface area contributed by atoms with Gasteiger partial charge in [-0.2, -0.15) is 4.31 Å². The summed E-state index contributed by atoms with van der Waals surface area (Å²) in [4.78, 5) is 25.2. The van der Waals surface area contributed by atoms with Crippen molar-refractivity contribution in [2.75, 3.05) is 32.0 Å². The largest absolute Gasteiger partial charge is 0.479 e. The van der Waals surface area contributed by atoms with E-state index in [2.05, 4.69) is 0 Å². The molecule has 2 saturated heterocycles. The van der Waals surface area contributed by atoms with Gasteiger partial charge in [-0.05, 0) is 12.3 Å². The maximum atomic E-state index is 12.8. The molecule has 126 valence electrons. The van der Waals surface area contributed by atoms with Crippen molar-refractivity contribution in [2.24, 2.45) is 5.92 Å². The van der Waals surface area contributed by atoms with Crippen molar-refractivity contribution in [1.29, 1.82) is 0 Å². The highest BCUT2D eigenvalue weighted by Gasteiger charge is 2.42. The molecule has 0 spiro atoms. The summed E-state index contributed by atoms with van der Waals surface area (Å²) in [6.07, 6.45) is -0.541. The Morgan fingerprint density at radius 2 is 1.95 bits per heavy atom. The van der Waals surface area contributed by atoms with Gasteiger partial charge in [-0.1, -0.05) is 13.8 Å². The molecule has 0 saturated carbocycles. The molecule has 0 aromatic heterocycles. The van der Waals surface area contributed by atoms with Crippen LogP contribution in [0.5, 0.6) is 0 Å². The molecular formula is C13H22N2O6S. The fourth-order valence-corrected chi connectivity index (χ4v) is 4.71. The van der Waals surface area contributed by atoms with Crippen LogP contribution < -0.4 is 0 Å². The third-order valence-electron chi connectivity index (χ3n) is 3.99. The summed E-state index contributed by atoms with van der Waals surface area (Å²) in [6, 6.07) is -0.778. The topological polar surface area (TPSA) is 104 Å². The summed E-state index contributed by atoms with van der Waals surface area (Å²) in [6.45, 7) is 4.30. The van der Waals surface area contributed by atoms with Gasteiger partial charge in [0.15, 0.2) is 6.10 Å². The van der Waals surface area contributed by atoms with Crippen LogP contribution in [0.3, 0.4) is 0 Å². The molecule has 2 fully saturated rings. The van der Waals surface area contributed by atoms with Gasteiger partial charge in [0, 0.05) is 13.1 Å². The third-order valence-corrected chi connectivity index (χ3v) is 5.92. The lowest BCUT2D eigenvalue weighted by atomic mass is 10.0. The lowest BCUT2D eigenvalue weighted by Crippen LogP contribution is -2.56. The second-order valence-electron chi connectivity index (χ2n) is 5.95. The normalized spacial score (nSPS) is 27.0. The van der Waals surface area contributed by atoms with E-state index in [1.165, 1.54) is 9.21 Å². The summed E-state index contributed by atoms with van der Waals surface area (Å²) >= 11 is 0. The molecule has 0 aromatic carbocycles. The number of carbonyl (C=O) groups is 2. The predicted molar refractivity (Wildman–Crippen MR) is 77.7 cm³/mol. The zero-order chi connectivity index (χ0) is 16.5. The van der Waals surface area contributed by atoms with Crippen LogP contribution in [0, 0.1) is 5.92 Å². The molecule has 8 nitrogen and oxygen atoms in total. The Balaban J connectivity index is 2.18. The zero-order valence-corrected chi connectivity index (χ0v) is 13.6. The number of ether oxygens (including phenoxy) is 1. The highest BCUT2D eigenvalue weighted by atomic mass is 32.2. The smallest absolute Gasteiger partial charge is 0.334 e. The molecule has 0 bridgehead atoms. The zero-order valence-electron chi connectivity index (χ0n) is 12.8. The van der Waals surface area contributed by atoms with E-state index < -0.39 is 28.1 Å². The third kappa shape index (κ3) is 3.41. The highest BCUT2D eigenvalue weighted by Crippen LogP contribution is 2.24. The van der Waals surface area contributed by atoms with Crippen molar-refractivity contribution in [2.45, 2.75) is 32.4 Å². The van der Waals surface area contributed by atoms with Gasteiger partial charge in [0.2, 0.25) is 15.9 Å². The minimum absolute atomic E-state index is 0.0503. The van der Waals surface area contributed by atoms with Crippen LogP contribution in [-0.4, -0.2) is 78.7 Å². The van der Waals surface area contributed by atoms with Crippen molar-refractivity contribution >= 4 is 21.9 Å². The first-order valence-electron chi connectivity index (χ1n) is 7.36. The first kappa shape index (κ1) is 17.2. The van der Waals surface area contributed by atoms with Crippen LogP contribution >= 0.6 is 0 Å². The van der Waals surface area contributed by atoms with Gasteiger partial charge in [0.05, 0.1) is 18.9 Å². The van der Waals surface area contributed by atoms with Gasteiger partial charge in [-0.3, -0.25) is 4.79 Å². The maximum absolute atomic E-state index is 12.8. The van der Waals surface area contributed by atoms with Gasteiger partial charge in [0.1, 0.15) is 6.04 Å². The monoisotopic (exact) mass is 334 g/mol. The van der Waals surface area contributed by atoms with E-state index in [0.29, 0.717) is 13.0 Å². The average Bonchev–Trinajstić information content (AvgIpc) is 2.78. The number of aliphatic carboxylic acids is 1. The minimum atomic E-state index is -3.41. The van der Waals surface area contributed by atoms with Crippen molar-refractivity contribution in [1.82, 2.24) is 9.21 Å². The minimum Gasteiger partial charge on any atom is -0.479 e. The molecular weight excluding hydrogens is 312 g/mol. The lowest BCUT2D eigenvalue weighted by Gasteiger charge is -2.37. The lowest BCUT2D eigenvalue weighted by molar-refractivity contribution is -0.160.